The molecule has 0 saturated heterocycles. The summed E-state index contributed by atoms with van der Waals surface area (Å²) in [7, 11) is 0. The van der Waals surface area contributed by atoms with Crippen molar-refractivity contribution in [3.63, 3.8) is 0 Å². The summed E-state index contributed by atoms with van der Waals surface area (Å²) in [4.78, 5) is 52.2. The van der Waals surface area contributed by atoms with Crippen molar-refractivity contribution < 1.29 is 24.3 Å². The lowest BCUT2D eigenvalue weighted by atomic mass is 9.85. The van der Waals surface area contributed by atoms with E-state index in [1.165, 1.54) is 18.2 Å². The van der Waals surface area contributed by atoms with Gasteiger partial charge in [-0.05, 0) is 6.42 Å². The molecule has 2 atom stereocenters. The first kappa shape index (κ1) is 16.6. The van der Waals surface area contributed by atoms with E-state index in [0.29, 0.717) is 6.42 Å². The van der Waals surface area contributed by atoms with Gasteiger partial charge in [0.15, 0.2) is 5.54 Å². The van der Waals surface area contributed by atoms with Gasteiger partial charge in [0.05, 0.1) is 12.6 Å². The van der Waals surface area contributed by atoms with Gasteiger partial charge in [0.2, 0.25) is 18.2 Å². The van der Waals surface area contributed by atoms with E-state index < -0.39 is 17.6 Å². The summed E-state index contributed by atoms with van der Waals surface area (Å²) < 4.78 is 0. The molecular formula is C11H13N3O5. The van der Waals surface area contributed by atoms with Crippen molar-refractivity contribution >= 4 is 24.2 Å². The fourth-order valence-corrected chi connectivity index (χ4v) is 1.69. The maximum atomic E-state index is 11.4. The van der Waals surface area contributed by atoms with Crippen LogP contribution in [0.1, 0.15) is 26.2 Å². The molecule has 8 heteroatoms. The average Bonchev–Trinajstić information content (AvgIpc) is 2.37. The molecule has 0 radical (unpaired) electrons. The summed E-state index contributed by atoms with van der Waals surface area (Å²) >= 11 is 0. The molecule has 0 aliphatic carbocycles. The van der Waals surface area contributed by atoms with Crippen LogP contribution < -0.4 is 0 Å². The van der Waals surface area contributed by atoms with E-state index in [1.807, 2.05) is 0 Å². The summed E-state index contributed by atoms with van der Waals surface area (Å²) in [6, 6.07) is -1.06. The van der Waals surface area contributed by atoms with E-state index in [0.717, 1.165) is 0 Å². The molecule has 0 aromatic rings. The highest BCUT2D eigenvalue weighted by atomic mass is 16.4. The lowest BCUT2D eigenvalue weighted by Gasteiger charge is -2.28. The smallest absolute Gasteiger partial charge is 0.334 e. The molecule has 0 aliphatic heterocycles. The molecule has 2 unspecified atom stereocenters. The van der Waals surface area contributed by atoms with E-state index in [4.69, 9.17) is 0 Å². The third-order valence-electron chi connectivity index (χ3n) is 2.61. The molecule has 0 heterocycles. The second kappa shape index (κ2) is 8.66. The van der Waals surface area contributed by atoms with Crippen LogP contribution in [-0.4, -0.2) is 47.4 Å². The molecule has 0 rings (SSSR count). The van der Waals surface area contributed by atoms with Gasteiger partial charge in [-0.1, -0.05) is 13.3 Å². The Morgan fingerprint density at radius 1 is 1.26 bits per heavy atom. The number of nitrogens with zero attached hydrogens (tertiary/aromatic N) is 3. The highest BCUT2D eigenvalue weighted by Crippen LogP contribution is 2.27. The average molecular weight is 267 g/mol. The maximum Gasteiger partial charge on any atom is 0.334 e. The van der Waals surface area contributed by atoms with Crippen molar-refractivity contribution in [2.24, 2.45) is 15.0 Å². The molecule has 1 N–H and O–H groups in total. The number of carboxylic acid groups (broad SMARTS) is 1. The number of aliphatic imine (C=N–C) groups is 3. The number of carbonyl (C=O) groups excluding carboxylic acids is 3. The van der Waals surface area contributed by atoms with Gasteiger partial charge >= 0.3 is 5.97 Å². The van der Waals surface area contributed by atoms with Crippen LogP contribution in [0.5, 0.6) is 0 Å². The van der Waals surface area contributed by atoms with E-state index in [2.05, 4.69) is 15.0 Å². The number of hydrogen-bond acceptors (Lipinski definition) is 7. The standard InChI is InChI=1S/C11H13N3O5/c1-2-3-9(13-7-16)11(10(18)19,14-8-17)4-5-12-6-15/h9H,2-5H2,1H3,(H,18,19). The Hall–Kier alpha value is -2.39. The number of isocyanates is 3. The first-order valence-corrected chi connectivity index (χ1v) is 5.52. The van der Waals surface area contributed by atoms with Gasteiger partial charge in [-0.2, -0.15) is 9.98 Å². The van der Waals surface area contributed by atoms with Crippen LogP contribution in [0.4, 0.5) is 0 Å². The highest BCUT2D eigenvalue weighted by Gasteiger charge is 2.46. The molecule has 0 spiro atoms. The van der Waals surface area contributed by atoms with Crippen LogP contribution in [-0.2, 0) is 19.2 Å². The lowest BCUT2D eigenvalue weighted by Crippen LogP contribution is -2.47. The number of carbonyl (C=O) groups is 1. The minimum Gasteiger partial charge on any atom is -0.479 e. The molecule has 8 nitrogen and oxygen atoms in total. The molecule has 19 heavy (non-hydrogen) atoms. The molecule has 102 valence electrons. The van der Waals surface area contributed by atoms with Crippen molar-refractivity contribution in [3.8, 4) is 0 Å². The Morgan fingerprint density at radius 3 is 2.37 bits per heavy atom. The zero-order chi connectivity index (χ0) is 14.7. The zero-order valence-electron chi connectivity index (χ0n) is 10.3. The van der Waals surface area contributed by atoms with E-state index in [-0.39, 0.29) is 19.4 Å². The van der Waals surface area contributed by atoms with Crippen molar-refractivity contribution in [3.05, 3.63) is 0 Å². The second-order valence-corrected chi connectivity index (χ2v) is 3.68. The topological polar surface area (TPSA) is 126 Å². The van der Waals surface area contributed by atoms with Gasteiger partial charge in [0.25, 0.3) is 0 Å². The largest absolute Gasteiger partial charge is 0.479 e. The number of rotatable bonds is 9. The van der Waals surface area contributed by atoms with Gasteiger partial charge in [-0.25, -0.2) is 24.2 Å². The van der Waals surface area contributed by atoms with Crippen LogP contribution in [0.15, 0.2) is 15.0 Å². The van der Waals surface area contributed by atoms with Crippen LogP contribution in [0, 0.1) is 0 Å². The quantitative estimate of drug-likeness (QED) is 0.477. The van der Waals surface area contributed by atoms with Crippen molar-refractivity contribution in [1.82, 2.24) is 0 Å². The molecule has 0 aromatic heterocycles. The minimum absolute atomic E-state index is 0.199. The summed E-state index contributed by atoms with van der Waals surface area (Å²) in [6.07, 6.45) is 4.19. The Bertz CT molecular complexity index is 455. The van der Waals surface area contributed by atoms with Crippen LogP contribution >= 0.6 is 0 Å². The Labute approximate surface area is 109 Å². The van der Waals surface area contributed by atoms with Crippen molar-refractivity contribution in [2.45, 2.75) is 37.8 Å². The number of carboxylic acids is 1. The summed E-state index contributed by atoms with van der Waals surface area (Å²) in [5.74, 6) is -1.44. The van der Waals surface area contributed by atoms with Crippen molar-refractivity contribution in [1.29, 1.82) is 0 Å². The molecule has 0 saturated carbocycles. The summed E-state index contributed by atoms with van der Waals surface area (Å²) in [5, 5.41) is 9.28. The first-order chi connectivity index (χ1) is 9.08. The Morgan fingerprint density at radius 2 is 1.95 bits per heavy atom. The van der Waals surface area contributed by atoms with E-state index in [1.54, 1.807) is 6.92 Å². The molecule has 0 aromatic carbocycles. The molecule has 0 aliphatic rings. The highest BCUT2D eigenvalue weighted by molar-refractivity contribution is 5.81. The monoisotopic (exact) mass is 267 g/mol. The molecule has 0 bridgehead atoms. The SMILES string of the molecule is CCCC(N=C=O)C(CCN=C=O)(N=C=O)C(=O)O. The van der Waals surface area contributed by atoms with E-state index >= 15 is 0 Å². The first-order valence-electron chi connectivity index (χ1n) is 5.52. The molecular weight excluding hydrogens is 254 g/mol. The predicted molar refractivity (Wildman–Crippen MR) is 62.9 cm³/mol. The zero-order valence-corrected chi connectivity index (χ0v) is 10.3. The second-order valence-electron chi connectivity index (χ2n) is 3.68. The number of hydrogen-bond donors (Lipinski definition) is 1. The predicted octanol–water partition coefficient (Wildman–Crippen LogP) is 0.376. The van der Waals surface area contributed by atoms with Gasteiger partial charge < -0.3 is 5.11 Å². The maximum absolute atomic E-state index is 11.4. The normalized spacial score (nSPS) is 13.9. The van der Waals surface area contributed by atoms with Crippen LogP contribution in [0.25, 0.3) is 0 Å². The molecule has 0 fully saturated rings. The van der Waals surface area contributed by atoms with Crippen LogP contribution in [0.2, 0.25) is 0 Å². The fourth-order valence-electron chi connectivity index (χ4n) is 1.69. The van der Waals surface area contributed by atoms with Gasteiger partial charge in [-0.3, -0.25) is 0 Å². The third-order valence-corrected chi connectivity index (χ3v) is 2.61. The van der Waals surface area contributed by atoms with Crippen molar-refractivity contribution in [2.75, 3.05) is 6.54 Å². The van der Waals surface area contributed by atoms with E-state index in [9.17, 15) is 24.3 Å². The summed E-state index contributed by atoms with van der Waals surface area (Å²) in [5.41, 5.74) is -1.96. The number of aliphatic carboxylic acids is 1. The van der Waals surface area contributed by atoms with Crippen LogP contribution in [0.3, 0.4) is 0 Å². The molecule has 0 amide bonds. The van der Waals surface area contributed by atoms with Gasteiger partial charge in [0, 0.05) is 6.42 Å². The minimum atomic E-state index is -1.96. The third kappa shape index (κ3) is 4.41. The Balaban J connectivity index is 5.63. The summed E-state index contributed by atoms with van der Waals surface area (Å²) in [6.45, 7) is 1.56. The lowest BCUT2D eigenvalue weighted by molar-refractivity contribution is -0.144. The van der Waals surface area contributed by atoms with Gasteiger partial charge in [-0.15, -0.1) is 0 Å². The van der Waals surface area contributed by atoms with Gasteiger partial charge in [0.1, 0.15) is 0 Å². The fraction of sp³-hybridized carbons (Fsp3) is 0.636. The Kier molecular flexibility index (Phi) is 7.57.